The van der Waals surface area contributed by atoms with Crippen LogP contribution in [0.4, 0.5) is 0 Å². The summed E-state index contributed by atoms with van der Waals surface area (Å²) >= 11 is 0. The normalized spacial score (nSPS) is 23.0. The van der Waals surface area contributed by atoms with Crippen molar-refractivity contribution in [2.45, 2.75) is 52.2 Å². The molecule has 1 aliphatic rings. The van der Waals surface area contributed by atoms with Crippen LogP contribution in [0, 0.1) is 17.8 Å². The van der Waals surface area contributed by atoms with E-state index in [9.17, 15) is 29.4 Å². The van der Waals surface area contributed by atoms with Crippen LogP contribution in [0.1, 0.15) is 40.5 Å². The maximum atomic E-state index is 13.0. The molecule has 2 N–H and O–H groups in total. The predicted molar refractivity (Wildman–Crippen MR) is 102 cm³/mol. The van der Waals surface area contributed by atoms with Gasteiger partial charge in [0.2, 0.25) is 11.4 Å². The number of esters is 1. The van der Waals surface area contributed by atoms with E-state index in [0.29, 0.717) is 6.42 Å². The maximum Gasteiger partial charge on any atom is 0.314 e. The molecule has 0 heterocycles. The molecule has 0 aromatic rings. The lowest BCUT2D eigenvalue weighted by Crippen LogP contribution is -2.59. The molecule has 7 nitrogen and oxygen atoms in total. The van der Waals surface area contributed by atoms with Gasteiger partial charge in [0.1, 0.15) is 0 Å². The summed E-state index contributed by atoms with van der Waals surface area (Å²) in [5.41, 5.74) is -2.11. The Balaban J connectivity index is 3.46. The molecule has 0 aliphatic heterocycles. The summed E-state index contributed by atoms with van der Waals surface area (Å²) in [6, 6.07) is 0. The number of allylic oxidation sites excluding steroid dienone is 2. The van der Waals surface area contributed by atoms with E-state index >= 15 is 0 Å². The van der Waals surface area contributed by atoms with Crippen molar-refractivity contribution < 1.29 is 34.1 Å². The third-order valence-electron chi connectivity index (χ3n) is 5.10. The summed E-state index contributed by atoms with van der Waals surface area (Å²) in [6.07, 6.45) is 2.28. The third kappa shape index (κ3) is 4.47. The lowest BCUT2D eigenvalue weighted by Gasteiger charge is -2.40. The highest BCUT2D eigenvalue weighted by atomic mass is 16.6. The van der Waals surface area contributed by atoms with Crippen molar-refractivity contribution in [2.75, 3.05) is 0 Å². The molecular weight excluding hydrogens is 364 g/mol. The Morgan fingerprint density at radius 3 is 2.14 bits per heavy atom. The van der Waals surface area contributed by atoms with Crippen LogP contribution in [0.5, 0.6) is 0 Å². The summed E-state index contributed by atoms with van der Waals surface area (Å²) in [5, 5.41) is 19.8. The first-order valence-corrected chi connectivity index (χ1v) is 9.08. The topological polar surface area (TPSA) is 118 Å². The van der Waals surface area contributed by atoms with Crippen LogP contribution in [0.25, 0.3) is 0 Å². The monoisotopic (exact) mass is 392 g/mol. The van der Waals surface area contributed by atoms with Gasteiger partial charge in [0.15, 0.2) is 5.78 Å². The van der Waals surface area contributed by atoms with Gasteiger partial charge in [-0.3, -0.25) is 19.2 Å². The number of hydrogen-bond acceptors (Lipinski definition) is 6. The number of Topliss-reactive ketones (excluding diaryl/α,β-unsaturated/α-hetero) is 2. The lowest BCUT2D eigenvalue weighted by atomic mass is 9.74. The Bertz CT molecular complexity index is 731. The number of aliphatic carboxylic acids is 1. The summed E-state index contributed by atoms with van der Waals surface area (Å²) in [5.74, 6) is -6.90. The molecule has 7 heteroatoms. The number of ether oxygens (including phenoxy) is 1. The van der Waals surface area contributed by atoms with E-state index in [-0.39, 0.29) is 17.6 Å². The van der Waals surface area contributed by atoms with E-state index < -0.39 is 53.0 Å². The number of aliphatic hydroxyl groups is 1. The molecule has 1 rings (SSSR count). The zero-order valence-electron chi connectivity index (χ0n) is 16.7. The van der Waals surface area contributed by atoms with Gasteiger partial charge >= 0.3 is 11.9 Å². The standard InChI is InChI=1S/C21H28O7/c1-11(2)17(23)13(5)21(14(6)22,18(24)12(3)4)28-20(27)16-10-8-7-9-15(16)19(25)26/h8,10,13-16,22H,1,3,7,9H2,2,4-6H3,(H,25,26). The van der Waals surface area contributed by atoms with Crippen molar-refractivity contribution in [3.8, 4) is 0 Å². The van der Waals surface area contributed by atoms with Crippen LogP contribution in [-0.2, 0) is 23.9 Å². The summed E-state index contributed by atoms with van der Waals surface area (Å²) in [6.45, 7) is 12.6. The van der Waals surface area contributed by atoms with Crippen LogP contribution in [0.2, 0.25) is 0 Å². The van der Waals surface area contributed by atoms with Crippen molar-refractivity contribution in [1.29, 1.82) is 0 Å². The Morgan fingerprint density at radius 2 is 1.71 bits per heavy atom. The number of carbonyl (C=O) groups is 4. The van der Waals surface area contributed by atoms with Gasteiger partial charge in [-0.2, -0.15) is 0 Å². The van der Waals surface area contributed by atoms with E-state index in [1.165, 1.54) is 33.8 Å². The first kappa shape index (κ1) is 23.5. The Morgan fingerprint density at radius 1 is 1.14 bits per heavy atom. The van der Waals surface area contributed by atoms with Crippen LogP contribution >= 0.6 is 0 Å². The molecule has 154 valence electrons. The molecule has 0 aromatic heterocycles. The smallest absolute Gasteiger partial charge is 0.314 e. The van der Waals surface area contributed by atoms with Crippen molar-refractivity contribution >= 4 is 23.5 Å². The largest absolute Gasteiger partial charge is 0.481 e. The first-order valence-electron chi connectivity index (χ1n) is 9.08. The number of ketones is 2. The number of rotatable bonds is 9. The fraction of sp³-hybridized carbons (Fsp3) is 0.524. The first-order chi connectivity index (χ1) is 12.9. The van der Waals surface area contributed by atoms with E-state index in [1.807, 2.05) is 0 Å². The number of carboxylic acid groups (broad SMARTS) is 1. The van der Waals surface area contributed by atoms with Gasteiger partial charge in [0.25, 0.3) is 0 Å². The molecule has 28 heavy (non-hydrogen) atoms. The highest BCUT2D eigenvalue weighted by Crippen LogP contribution is 2.35. The molecule has 0 radical (unpaired) electrons. The average molecular weight is 392 g/mol. The maximum absolute atomic E-state index is 13.0. The second kappa shape index (κ2) is 9.10. The van der Waals surface area contributed by atoms with Crippen LogP contribution < -0.4 is 0 Å². The predicted octanol–water partition coefficient (Wildman–Crippen LogP) is 2.24. The molecule has 0 bridgehead atoms. The fourth-order valence-electron chi connectivity index (χ4n) is 3.45. The highest BCUT2D eigenvalue weighted by molar-refractivity contribution is 6.08. The van der Waals surface area contributed by atoms with Gasteiger partial charge in [0.05, 0.1) is 23.9 Å². The van der Waals surface area contributed by atoms with Crippen molar-refractivity contribution in [3.05, 3.63) is 36.5 Å². The molecule has 0 fully saturated rings. The van der Waals surface area contributed by atoms with Crippen molar-refractivity contribution in [2.24, 2.45) is 17.8 Å². The van der Waals surface area contributed by atoms with E-state index in [0.717, 1.165) is 0 Å². The molecule has 0 saturated carbocycles. The minimum absolute atomic E-state index is 0.0102. The van der Waals surface area contributed by atoms with Crippen LogP contribution in [0.15, 0.2) is 36.5 Å². The zero-order chi connectivity index (χ0) is 21.8. The van der Waals surface area contributed by atoms with Crippen LogP contribution in [-0.4, -0.2) is 45.4 Å². The second-order valence-corrected chi connectivity index (χ2v) is 7.34. The van der Waals surface area contributed by atoms with Crippen molar-refractivity contribution in [1.82, 2.24) is 0 Å². The quantitative estimate of drug-likeness (QED) is 0.351. The Labute approximate surface area is 164 Å². The van der Waals surface area contributed by atoms with Gasteiger partial charge in [-0.15, -0.1) is 0 Å². The van der Waals surface area contributed by atoms with Gasteiger partial charge < -0.3 is 14.9 Å². The fourth-order valence-corrected chi connectivity index (χ4v) is 3.45. The van der Waals surface area contributed by atoms with Gasteiger partial charge in [-0.05, 0) is 44.8 Å². The number of carboxylic acids is 1. The summed E-state index contributed by atoms with van der Waals surface area (Å²) < 4.78 is 5.50. The third-order valence-corrected chi connectivity index (χ3v) is 5.10. The van der Waals surface area contributed by atoms with Crippen molar-refractivity contribution in [3.63, 3.8) is 0 Å². The minimum atomic E-state index is -2.23. The summed E-state index contributed by atoms with van der Waals surface area (Å²) in [7, 11) is 0. The average Bonchev–Trinajstić information content (AvgIpc) is 2.63. The van der Waals surface area contributed by atoms with Gasteiger partial charge in [0, 0.05) is 0 Å². The van der Waals surface area contributed by atoms with E-state index in [2.05, 4.69) is 13.2 Å². The lowest BCUT2D eigenvalue weighted by molar-refractivity contribution is -0.191. The number of aliphatic hydroxyl groups excluding tert-OH is 1. The Kier molecular flexibility index (Phi) is 7.64. The molecular formula is C21H28O7. The zero-order valence-corrected chi connectivity index (χ0v) is 16.7. The second-order valence-electron chi connectivity index (χ2n) is 7.34. The van der Waals surface area contributed by atoms with E-state index in [1.54, 1.807) is 6.08 Å². The molecule has 5 atom stereocenters. The summed E-state index contributed by atoms with van der Waals surface area (Å²) in [4.78, 5) is 49.9. The van der Waals surface area contributed by atoms with Crippen LogP contribution in [0.3, 0.4) is 0 Å². The molecule has 0 spiro atoms. The molecule has 0 amide bonds. The van der Waals surface area contributed by atoms with E-state index in [4.69, 9.17) is 4.74 Å². The Hall–Kier alpha value is -2.54. The minimum Gasteiger partial charge on any atom is -0.481 e. The number of carbonyl (C=O) groups excluding carboxylic acids is 3. The highest BCUT2D eigenvalue weighted by Gasteiger charge is 2.55. The molecule has 1 aliphatic carbocycles. The molecule has 5 unspecified atom stereocenters. The molecule has 0 saturated heterocycles. The molecule has 0 aromatic carbocycles. The number of hydrogen-bond donors (Lipinski definition) is 2. The van der Waals surface area contributed by atoms with Gasteiger partial charge in [-0.1, -0.05) is 32.2 Å². The van der Waals surface area contributed by atoms with Gasteiger partial charge in [-0.25, -0.2) is 0 Å². The SMILES string of the molecule is C=C(C)C(=O)C(C)C(OC(=O)C1C=CCCC1C(=O)O)(C(=O)C(=C)C)C(C)O.